The summed E-state index contributed by atoms with van der Waals surface area (Å²) >= 11 is 0. The van der Waals surface area contributed by atoms with Crippen LogP contribution in [0.4, 0.5) is 0 Å². The van der Waals surface area contributed by atoms with Crippen LogP contribution in [0.1, 0.15) is 31.2 Å². The highest BCUT2D eigenvalue weighted by Crippen LogP contribution is 2.65. The summed E-state index contributed by atoms with van der Waals surface area (Å²) in [6.07, 6.45) is 6.47. The summed E-state index contributed by atoms with van der Waals surface area (Å²) in [5.74, 6) is 1.44. The Kier molecular flexibility index (Phi) is 2.18. The summed E-state index contributed by atoms with van der Waals surface area (Å²) in [7, 11) is 1.61. The molecule has 2 aliphatic carbocycles. The lowest BCUT2D eigenvalue weighted by Crippen LogP contribution is -2.12. The Morgan fingerprint density at radius 2 is 2.06 bits per heavy atom. The van der Waals surface area contributed by atoms with Gasteiger partial charge in [-0.2, -0.15) is 0 Å². The normalized spacial score (nSPS) is 36.6. The summed E-state index contributed by atoms with van der Waals surface area (Å²) in [5, 5.41) is 10.8. The molecule has 0 aromatic carbocycles. The largest absolute Gasteiger partial charge is 0.481 e. The Balaban J connectivity index is 1.98. The third kappa shape index (κ3) is 1.21. The van der Waals surface area contributed by atoms with E-state index in [4.69, 9.17) is 4.74 Å². The minimum Gasteiger partial charge on any atom is -0.481 e. The van der Waals surface area contributed by atoms with E-state index in [1.54, 1.807) is 13.3 Å². The topological polar surface area (TPSA) is 42.4 Å². The van der Waals surface area contributed by atoms with Crippen LogP contribution in [0.2, 0.25) is 0 Å². The van der Waals surface area contributed by atoms with E-state index in [2.05, 4.69) is 4.98 Å². The molecule has 86 valence electrons. The first kappa shape index (κ1) is 10.1. The van der Waals surface area contributed by atoms with Crippen LogP contribution in [0.15, 0.2) is 18.3 Å². The molecule has 1 aromatic rings. The van der Waals surface area contributed by atoms with Gasteiger partial charge in [0.2, 0.25) is 5.88 Å². The molecule has 2 aliphatic rings. The van der Waals surface area contributed by atoms with Crippen molar-refractivity contribution in [3.63, 3.8) is 0 Å². The lowest BCUT2D eigenvalue weighted by molar-refractivity contribution is 0.113. The lowest BCUT2D eigenvalue weighted by atomic mass is 10.0. The predicted octanol–water partition coefficient (Wildman–Crippen LogP) is 2.10. The zero-order chi connectivity index (χ0) is 11.2. The fourth-order valence-electron chi connectivity index (χ4n) is 3.35. The van der Waals surface area contributed by atoms with Crippen LogP contribution in [0.25, 0.3) is 0 Å². The summed E-state index contributed by atoms with van der Waals surface area (Å²) < 4.78 is 5.25. The maximum atomic E-state index is 10.8. The second-order valence-electron chi connectivity index (χ2n) is 4.88. The molecule has 2 fully saturated rings. The van der Waals surface area contributed by atoms with Gasteiger partial charge >= 0.3 is 0 Å². The van der Waals surface area contributed by atoms with Crippen LogP contribution < -0.4 is 4.74 Å². The van der Waals surface area contributed by atoms with Gasteiger partial charge in [0.15, 0.2) is 0 Å². The summed E-state index contributed by atoms with van der Waals surface area (Å²) in [5.41, 5.74) is 0.227. The Morgan fingerprint density at radius 3 is 2.69 bits per heavy atom. The molecule has 0 radical (unpaired) electrons. The highest BCUT2D eigenvalue weighted by molar-refractivity contribution is 5.39. The number of rotatable bonds is 2. The Morgan fingerprint density at radius 1 is 1.38 bits per heavy atom. The molecule has 0 aliphatic heterocycles. The molecule has 3 nitrogen and oxygen atoms in total. The minimum absolute atomic E-state index is 0.430. The van der Waals surface area contributed by atoms with Crippen LogP contribution in [0, 0.1) is 11.8 Å². The molecule has 2 atom stereocenters. The third-order valence-electron chi connectivity index (χ3n) is 4.18. The number of ether oxygens (including phenoxy) is 1. The zero-order valence-electron chi connectivity index (χ0n) is 9.52. The van der Waals surface area contributed by atoms with Gasteiger partial charge in [-0.3, -0.25) is 0 Å². The van der Waals surface area contributed by atoms with Gasteiger partial charge < -0.3 is 9.84 Å². The molecule has 2 saturated carbocycles. The second kappa shape index (κ2) is 3.45. The molecule has 16 heavy (non-hydrogen) atoms. The van der Waals surface area contributed by atoms with Crippen molar-refractivity contribution in [2.24, 2.45) is 11.8 Å². The first-order chi connectivity index (χ1) is 7.78. The fourth-order valence-corrected chi connectivity index (χ4v) is 3.35. The third-order valence-corrected chi connectivity index (χ3v) is 4.18. The first-order valence-electron chi connectivity index (χ1n) is 6.00. The van der Waals surface area contributed by atoms with Crippen LogP contribution in [0.5, 0.6) is 5.88 Å². The van der Waals surface area contributed by atoms with E-state index in [-0.39, 0.29) is 0 Å². The molecule has 1 N–H and O–H groups in total. The van der Waals surface area contributed by atoms with E-state index in [1.807, 2.05) is 12.1 Å². The van der Waals surface area contributed by atoms with E-state index in [0.29, 0.717) is 17.7 Å². The van der Waals surface area contributed by atoms with Gasteiger partial charge in [0.25, 0.3) is 0 Å². The van der Waals surface area contributed by atoms with Gasteiger partial charge in [0, 0.05) is 11.8 Å². The van der Waals surface area contributed by atoms with E-state index in [0.717, 1.165) is 18.4 Å². The average Bonchev–Trinajstić information content (AvgIpc) is 2.97. The van der Waals surface area contributed by atoms with Crippen molar-refractivity contribution in [3.05, 3.63) is 23.9 Å². The van der Waals surface area contributed by atoms with Crippen molar-refractivity contribution >= 4 is 0 Å². The van der Waals surface area contributed by atoms with Crippen LogP contribution in [-0.4, -0.2) is 17.2 Å². The molecule has 0 saturated heterocycles. The Labute approximate surface area is 95.5 Å². The van der Waals surface area contributed by atoms with Gasteiger partial charge in [-0.25, -0.2) is 4.98 Å². The quantitative estimate of drug-likeness (QED) is 0.828. The molecule has 0 spiro atoms. The number of methoxy groups -OCH3 is 1. The summed E-state index contributed by atoms with van der Waals surface area (Å²) in [4.78, 5) is 4.18. The highest BCUT2D eigenvalue weighted by atomic mass is 16.5. The monoisotopic (exact) mass is 219 g/mol. The number of hydrogen-bond acceptors (Lipinski definition) is 3. The van der Waals surface area contributed by atoms with Crippen molar-refractivity contribution < 1.29 is 9.84 Å². The number of aromatic nitrogens is 1. The molecule has 3 heteroatoms. The molecular weight excluding hydrogens is 202 g/mol. The number of fused-ring (bicyclic) bond motifs is 1. The first-order valence-corrected chi connectivity index (χ1v) is 6.00. The summed E-state index contributed by atoms with van der Waals surface area (Å²) in [6.45, 7) is 0. The number of pyridine rings is 1. The Bertz CT molecular complexity index is 393. The predicted molar refractivity (Wildman–Crippen MR) is 60.1 cm³/mol. The molecular formula is C13H17NO2. The fraction of sp³-hybridized carbons (Fsp3) is 0.615. The smallest absolute Gasteiger partial charge is 0.219 e. The molecule has 0 bridgehead atoms. The number of hydrogen-bond donors (Lipinski definition) is 1. The van der Waals surface area contributed by atoms with Crippen molar-refractivity contribution in [3.8, 4) is 5.88 Å². The van der Waals surface area contributed by atoms with Gasteiger partial charge in [0.1, 0.15) is 5.60 Å². The standard InChI is InChI=1S/C13H17NO2/c1-16-12-11(7-4-8-14-12)13(15)9-5-2-3-6-10(9)13/h4,7-10,15H,2-3,5-6H2,1H3. The molecule has 0 amide bonds. The minimum atomic E-state index is -0.657. The van der Waals surface area contributed by atoms with Crippen LogP contribution >= 0.6 is 0 Å². The van der Waals surface area contributed by atoms with Gasteiger partial charge in [-0.05, 0) is 36.8 Å². The lowest BCUT2D eigenvalue weighted by Gasteiger charge is -2.13. The summed E-state index contributed by atoms with van der Waals surface area (Å²) in [6, 6.07) is 3.82. The van der Waals surface area contributed by atoms with Crippen molar-refractivity contribution in [2.75, 3.05) is 7.11 Å². The van der Waals surface area contributed by atoms with Gasteiger partial charge in [-0.1, -0.05) is 12.8 Å². The van der Waals surface area contributed by atoms with Crippen molar-refractivity contribution in [1.82, 2.24) is 4.98 Å². The number of aliphatic hydroxyl groups is 1. The van der Waals surface area contributed by atoms with Crippen LogP contribution in [0.3, 0.4) is 0 Å². The van der Waals surface area contributed by atoms with E-state index >= 15 is 0 Å². The van der Waals surface area contributed by atoms with Crippen molar-refractivity contribution in [1.29, 1.82) is 0 Å². The molecule has 3 rings (SSSR count). The van der Waals surface area contributed by atoms with E-state index < -0.39 is 5.60 Å². The SMILES string of the molecule is COc1ncccc1C1(O)C2CCCCC21. The van der Waals surface area contributed by atoms with E-state index in [1.165, 1.54) is 12.8 Å². The van der Waals surface area contributed by atoms with Crippen LogP contribution in [-0.2, 0) is 5.60 Å². The zero-order valence-corrected chi connectivity index (χ0v) is 9.52. The van der Waals surface area contributed by atoms with E-state index in [9.17, 15) is 5.11 Å². The molecule has 1 heterocycles. The molecule has 1 aromatic heterocycles. The maximum absolute atomic E-state index is 10.8. The highest BCUT2D eigenvalue weighted by Gasteiger charge is 2.65. The Hall–Kier alpha value is -1.09. The average molecular weight is 219 g/mol. The van der Waals surface area contributed by atoms with Crippen molar-refractivity contribution in [2.45, 2.75) is 31.3 Å². The maximum Gasteiger partial charge on any atom is 0.219 e. The number of nitrogens with zero attached hydrogens (tertiary/aromatic N) is 1. The second-order valence-corrected chi connectivity index (χ2v) is 4.88. The van der Waals surface area contributed by atoms with Gasteiger partial charge in [-0.15, -0.1) is 0 Å². The molecule has 2 unspecified atom stereocenters. The van der Waals surface area contributed by atoms with Gasteiger partial charge in [0.05, 0.1) is 7.11 Å².